The fraction of sp³-hybridized carbons (Fsp3) is 0.200. The van der Waals surface area contributed by atoms with Crippen molar-refractivity contribution in [3.05, 3.63) is 58.8 Å². The van der Waals surface area contributed by atoms with E-state index in [1.165, 1.54) is 7.11 Å². The van der Waals surface area contributed by atoms with Crippen LogP contribution in [0.15, 0.2) is 42.2 Å². The zero-order valence-electron chi connectivity index (χ0n) is 14.7. The third-order valence-corrected chi connectivity index (χ3v) is 3.95. The monoisotopic (exact) mass is 354 g/mol. The van der Waals surface area contributed by atoms with Gasteiger partial charge in [-0.3, -0.25) is 4.79 Å². The van der Waals surface area contributed by atoms with Crippen molar-refractivity contribution in [2.75, 3.05) is 20.8 Å². The van der Waals surface area contributed by atoms with Crippen LogP contribution in [0.2, 0.25) is 0 Å². The van der Waals surface area contributed by atoms with Crippen LogP contribution in [0.1, 0.15) is 21.5 Å². The average Bonchev–Trinajstić information content (AvgIpc) is 2.96. The van der Waals surface area contributed by atoms with E-state index < -0.39 is 5.97 Å². The van der Waals surface area contributed by atoms with Gasteiger partial charge in [0.2, 0.25) is 5.78 Å². The Kier molecular flexibility index (Phi) is 4.93. The number of esters is 1. The number of fused-ring (bicyclic) bond motifs is 1. The highest BCUT2D eigenvalue weighted by Gasteiger charge is 2.30. The summed E-state index contributed by atoms with van der Waals surface area (Å²) in [5, 5.41) is 0. The summed E-state index contributed by atoms with van der Waals surface area (Å²) < 4.78 is 21.0. The van der Waals surface area contributed by atoms with Crippen molar-refractivity contribution in [1.82, 2.24) is 0 Å². The molecule has 2 aromatic rings. The van der Waals surface area contributed by atoms with E-state index in [-0.39, 0.29) is 18.1 Å². The number of carbonyl (C=O) groups excluding carboxylic acids is 2. The molecule has 1 aliphatic heterocycles. The molecule has 0 spiro atoms. The number of hydrogen-bond acceptors (Lipinski definition) is 6. The fourth-order valence-electron chi connectivity index (χ4n) is 2.69. The molecule has 134 valence electrons. The standard InChI is InChI=1S/C20H18O6/c1-12-8-14(25-11-18(21)24-3)10-16-19(12)20(22)17(26-16)9-13-6-4-5-7-15(13)23-2/h4-10H,11H2,1-3H3/b17-9-. The van der Waals surface area contributed by atoms with Crippen LogP contribution in [0.4, 0.5) is 0 Å². The highest BCUT2D eigenvalue weighted by molar-refractivity contribution is 6.15. The molecule has 0 saturated heterocycles. The first-order valence-electron chi connectivity index (χ1n) is 7.95. The summed E-state index contributed by atoms with van der Waals surface area (Å²) in [6.45, 7) is 1.57. The van der Waals surface area contributed by atoms with Crippen LogP contribution in [-0.2, 0) is 9.53 Å². The Labute approximate surface area is 150 Å². The number of Topliss-reactive ketones (excluding diaryl/α,β-unsaturated/α-hetero) is 1. The van der Waals surface area contributed by atoms with Gasteiger partial charge >= 0.3 is 5.97 Å². The molecular weight excluding hydrogens is 336 g/mol. The van der Waals surface area contributed by atoms with Gasteiger partial charge in [-0.15, -0.1) is 0 Å². The normalized spacial score (nSPS) is 14.0. The van der Waals surface area contributed by atoms with Gasteiger partial charge in [0, 0.05) is 11.6 Å². The second kappa shape index (κ2) is 7.31. The largest absolute Gasteiger partial charge is 0.496 e. The molecule has 2 aromatic carbocycles. The number of ether oxygens (including phenoxy) is 4. The van der Waals surface area contributed by atoms with Gasteiger partial charge in [0.15, 0.2) is 12.4 Å². The molecule has 0 N–H and O–H groups in total. The minimum Gasteiger partial charge on any atom is -0.496 e. The Bertz CT molecular complexity index is 897. The number of benzene rings is 2. The number of rotatable bonds is 5. The van der Waals surface area contributed by atoms with Gasteiger partial charge in [0.25, 0.3) is 0 Å². The molecule has 0 radical (unpaired) electrons. The predicted octanol–water partition coefficient (Wildman–Crippen LogP) is 3.17. The van der Waals surface area contributed by atoms with E-state index in [9.17, 15) is 9.59 Å². The Morgan fingerprint density at radius 1 is 1.19 bits per heavy atom. The Morgan fingerprint density at radius 3 is 2.69 bits per heavy atom. The lowest BCUT2D eigenvalue weighted by molar-refractivity contribution is -0.142. The van der Waals surface area contributed by atoms with Crippen LogP contribution in [0.3, 0.4) is 0 Å². The molecule has 6 nitrogen and oxygen atoms in total. The van der Waals surface area contributed by atoms with Gasteiger partial charge in [0.1, 0.15) is 17.2 Å². The SMILES string of the molecule is COC(=O)COc1cc(C)c2c(c1)O/C(=C\c1ccccc1OC)C2=O. The van der Waals surface area contributed by atoms with Crippen LogP contribution in [0, 0.1) is 6.92 Å². The molecule has 0 aliphatic carbocycles. The molecular formula is C20H18O6. The van der Waals surface area contributed by atoms with Crippen molar-refractivity contribution >= 4 is 17.8 Å². The number of hydrogen-bond donors (Lipinski definition) is 0. The van der Waals surface area contributed by atoms with Crippen molar-refractivity contribution in [3.8, 4) is 17.2 Å². The number of methoxy groups -OCH3 is 2. The average molecular weight is 354 g/mol. The number of ketones is 1. The second-order valence-corrected chi connectivity index (χ2v) is 5.66. The molecule has 1 aliphatic rings. The van der Waals surface area contributed by atoms with Crippen LogP contribution in [0.25, 0.3) is 6.08 Å². The maximum Gasteiger partial charge on any atom is 0.343 e. The smallest absolute Gasteiger partial charge is 0.343 e. The maximum absolute atomic E-state index is 12.7. The van der Waals surface area contributed by atoms with Gasteiger partial charge in [0.05, 0.1) is 19.8 Å². The van der Waals surface area contributed by atoms with E-state index >= 15 is 0 Å². The second-order valence-electron chi connectivity index (χ2n) is 5.66. The molecule has 26 heavy (non-hydrogen) atoms. The summed E-state index contributed by atoms with van der Waals surface area (Å²) >= 11 is 0. The van der Waals surface area contributed by atoms with E-state index in [2.05, 4.69) is 4.74 Å². The van der Waals surface area contributed by atoms with E-state index in [0.29, 0.717) is 28.4 Å². The van der Waals surface area contributed by atoms with E-state index in [4.69, 9.17) is 14.2 Å². The quantitative estimate of drug-likeness (QED) is 0.607. The molecule has 0 fully saturated rings. The summed E-state index contributed by atoms with van der Waals surface area (Å²) in [5.41, 5.74) is 1.93. The van der Waals surface area contributed by atoms with Gasteiger partial charge in [-0.1, -0.05) is 18.2 Å². The summed E-state index contributed by atoms with van der Waals surface area (Å²) in [4.78, 5) is 23.9. The minimum absolute atomic E-state index is 0.206. The zero-order valence-corrected chi connectivity index (χ0v) is 14.7. The number of para-hydroxylation sites is 1. The molecule has 0 amide bonds. The molecule has 0 bridgehead atoms. The van der Waals surface area contributed by atoms with Gasteiger partial charge in [-0.2, -0.15) is 0 Å². The van der Waals surface area contributed by atoms with Crippen LogP contribution in [0.5, 0.6) is 17.2 Å². The van der Waals surface area contributed by atoms with Gasteiger partial charge < -0.3 is 18.9 Å². The molecule has 3 rings (SSSR count). The van der Waals surface area contributed by atoms with Crippen molar-refractivity contribution in [1.29, 1.82) is 0 Å². The molecule has 0 aromatic heterocycles. The molecule has 0 unspecified atom stereocenters. The van der Waals surface area contributed by atoms with Crippen molar-refractivity contribution in [3.63, 3.8) is 0 Å². The molecule has 0 atom stereocenters. The molecule has 0 saturated carbocycles. The molecule has 1 heterocycles. The Morgan fingerprint density at radius 2 is 1.96 bits per heavy atom. The third kappa shape index (κ3) is 3.39. The van der Waals surface area contributed by atoms with Gasteiger partial charge in [-0.05, 0) is 30.7 Å². The van der Waals surface area contributed by atoms with Crippen molar-refractivity contribution < 1.29 is 28.5 Å². The summed E-state index contributed by atoms with van der Waals surface area (Å²) in [7, 11) is 2.86. The number of aryl methyl sites for hydroxylation is 1. The predicted molar refractivity (Wildman–Crippen MR) is 94.6 cm³/mol. The third-order valence-electron chi connectivity index (χ3n) is 3.95. The summed E-state index contributed by atoms with van der Waals surface area (Å²) in [6, 6.07) is 10.6. The zero-order chi connectivity index (χ0) is 18.7. The lowest BCUT2D eigenvalue weighted by Crippen LogP contribution is -2.12. The maximum atomic E-state index is 12.7. The Hall–Kier alpha value is -3.28. The highest BCUT2D eigenvalue weighted by atomic mass is 16.6. The van der Waals surface area contributed by atoms with Crippen molar-refractivity contribution in [2.45, 2.75) is 6.92 Å². The topological polar surface area (TPSA) is 71.1 Å². The van der Waals surface area contributed by atoms with Crippen LogP contribution >= 0.6 is 0 Å². The van der Waals surface area contributed by atoms with E-state index in [1.807, 2.05) is 24.3 Å². The van der Waals surface area contributed by atoms with E-state index in [1.54, 1.807) is 32.2 Å². The fourth-order valence-corrected chi connectivity index (χ4v) is 2.69. The van der Waals surface area contributed by atoms with Gasteiger partial charge in [-0.25, -0.2) is 4.79 Å². The Balaban J connectivity index is 1.90. The minimum atomic E-state index is -0.489. The van der Waals surface area contributed by atoms with E-state index in [0.717, 1.165) is 5.56 Å². The van der Waals surface area contributed by atoms with Crippen molar-refractivity contribution in [2.24, 2.45) is 0 Å². The first kappa shape index (κ1) is 17.5. The number of carbonyl (C=O) groups is 2. The lowest BCUT2D eigenvalue weighted by Gasteiger charge is -2.08. The van der Waals surface area contributed by atoms with Crippen LogP contribution in [-0.4, -0.2) is 32.6 Å². The first-order chi connectivity index (χ1) is 12.5. The summed E-state index contributed by atoms with van der Waals surface area (Å²) in [5.74, 6) is 0.984. The molecule has 6 heteroatoms. The number of allylic oxidation sites excluding steroid dienone is 1. The first-order valence-corrected chi connectivity index (χ1v) is 7.95. The van der Waals surface area contributed by atoms with Crippen LogP contribution < -0.4 is 14.2 Å². The summed E-state index contributed by atoms with van der Waals surface area (Å²) in [6.07, 6.45) is 1.65. The highest BCUT2D eigenvalue weighted by Crippen LogP contribution is 2.38. The lowest BCUT2D eigenvalue weighted by atomic mass is 10.0.